The predicted octanol–water partition coefficient (Wildman–Crippen LogP) is 3.24. The van der Waals surface area contributed by atoms with Crippen LogP contribution in [0.4, 0.5) is 0 Å². The number of carbonyl (C=O) groups excluding carboxylic acids is 1. The van der Waals surface area contributed by atoms with Crippen molar-refractivity contribution in [3.05, 3.63) is 11.6 Å². The van der Waals surface area contributed by atoms with Gasteiger partial charge in [-0.2, -0.15) is 0 Å². The molecule has 0 amide bonds. The fourth-order valence-corrected chi connectivity index (χ4v) is 1.39. The lowest BCUT2D eigenvalue weighted by molar-refractivity contribution is -0.136. The molecule has 0 radical (unpaired) electrons. The van der Waals surface area contributed by atoms with Crippen LogP contribution in [0.1, 0.15) is 59.8 Å². The minimum Gasteiger partial charge on any atom is -0.382 e. The van der Waals surface area contributed by atoms with E-state index in [0.717, 1.165) is 19.3 Å². The van der Waals surface area contributed by atoms with Gasteiger partial charge in [0.05, 0.1) is 0 Å². The first kappa shape index (κ1) is 14.4. The minimum atomic E-state index is -1.14. The first-order valence-electron chi connectivity index (χ1n) is 5.79. The van der Waals surface area contributed by atoms with Crippen molar-refractivity contribution >= 4 is 5.78 Å². The summed E-state index contributed by atoms with van der Waals surface area (Å²) in [5.41, 5.74) is 0.0907. The zero-order chi connectivity index (χ0) is 11.9. The van der Waals surface area contributed by atoms with E-state index in [1.807, 2.05) is 20.8 Å². The van der Waals surface area contributed by atoms with E-state index in [4.69, 9.17) is 0 Å². The van der Waals surface area contributed by atoms with Gasteiger partial charge in [0.2, 0.25) is 0 Å². The lowest BCUT2D eigenvalue weighted by Gasteiger charge is -2.20. The van der Waals surface area contributed by atoms with E-state index in [1.54, 1.807) is 6.92 Å². The third-order valence-corrected chi connectivity index (χ3v) is 2.54. The lowest BCUT2D eigenvalue weighted by atomic mass is 9.91. The molecule has 0 aliphatic rings. The smallest absolute Gasteiger partial charge is 0.164 e. The van der Waals surface area contributed by atoms with E-state index in [2.05, 4.69) is 6.08 Å². The number of rotatable bonds is 7. The van der Waals surface area contributed by atoms with Crippen molar-refractivity contribution in [3.8, 4) is 0 Å². The maximum Gasteiger partial charge on any atom is 0.164 e. The van der Waals surface area contributed by atoms with Gasteiger partial charge < -0.3 is 5.11 Å². The summed E-state index contributed by atoms with van der Waals surface area (Å²) in [4.78, 5) is 11.6. The minimum absolute atomic E-state index is 0.0218. The van der Waals surface area contributed by atoms with E-state index in [0.29, 0.717) is 12.8 Å². The largest absolute Gasteiger partial charge is 0.382 e. The van der Waals surface area contributed by atoms with E-state index in [-0.39, 0.29) is 5.78 Å². The Balaban J connectivity index is 4.04. The van der Waals surface area contributed by atoms with Crippen LogP contribution in [-0.4, -0.2) is 16.5 Å². The zero-order valence-electron chi connectivity index (χ0n) is 10.5. The molecule has 0 fully saturated rings. The molecule has 15 heavy (non-hydrogen) atoms. The predicted molar refractivity (Wildman–Crippen MR) is 63.8 cm³/mol. The summed E-state index contributed by atoms with van der Waals surface area (Å²) in [6.45, 7) is 7.72. The molecule has 0 rings (SSSR count). The van der Waals surface area contributed by atoms with Crippen LogP contribution in [-0.2, 0) is 4.79 Å². The molecular weight excluding hydrogens is 188 g/mol. The third kappa shape index (κ3) is 6.45. The molecule has 0 aromatic carbocycles. The lowest BCUT2D eigenvalue weighted by Crippen LogP contribution is -2.34. The third-order valence-electron chi connectivity index (χ3n) is 2.54. The molecule has 0 heterocycles. The van der Waals surface area contributed by atoms with Gasteiger partial charge in [-0.25, -0.2) is 0 Å². The number of Topliss-reactive ketones (excluding diaryl/α,β-unsaturated/α-hetero) is 1. The van der Waals surface area contributed by atoms with Gasteiger partial charge in [0, 0.05) is 6.42 Å². The van der Waals surface area contributed by atoms with Crippen molar-refractivity contribution in [2.75, 3.05) is 0 Å². The summed E-state index contributed by atoms with van der Waals surface area (Å²) < 4.78 is 0. The molecule has 1 N–H and O–H groups in total. The van der Waals surface area contributed by atoms with Crippen LogP contribution >= 0.6 is 0 Å². The number of carbonyl (C=O) groups is 1. The second-order valence-corrected chi connectivity index (χ2v) is 4.62. The van der Waals surface area contributed by atoms with Gasteiger partial charge in [0.1, 0.15) is 5.60 Å². The van der Waals surface area contributed by atoms with Gasteiger partial charge in [0.15, 0.2) is 5.78 Å². The van der Waals surface area contributed by atoms with Crippen molar-refractivity contribution in [3.63, 3.8) is 0 Å². The Labute approximate surface area is 93.4 Å². The van der Waals surface area contributed by atoms with Crippen LogP contribution in [0.15, 0.2) is 11.6 Å². The molecule has 0 saturated carbocycles. The van der Waals surface area contributed by atoms with Crippen LogP contribution < -0.4 is 0 Å². The Morgan fingerprint density at radius 1 is 1.40 bits per heavy atom. The van der Waals surface area contributed by atoms with Gasteiger partial charge >= 0.3 is 0 Å². The van der Waals surface area contributed by atoms with Crippen molar-refractivity contribution in [2.24, 2.45) is 0 Å². The Morgan fingerprint density at radius 2 is 2.00 bits per heavy atom. The maximum atomic E-state index is 11.6. The average Bonchev–Trinajstić information content (AvgIpc) is 2.13. The highest BCUT2D eigenvalue weighted by Gasteiger charge is 2.27. The van der Waals surface area contributed by atoms with Crippen LogP contribution in [0.2, 0.25) is 0 Å². The average molecular weight is 212 g/mol. The van der Waals surface area contributed by atoms with Gasteiger partial charge in [-0.1, -0.05) is 25.0 Å². The van der Waals surface area contributed by atoms with E-state index >= 15 is 0 Å². The highest BCUT2D eigenvalue weighted by Crippen LogP contribution is 2.17. The topological polar surface area (TPSA) is 37.3 Å². The van der Waals surface area contributed by atoms with E-state index in [9.17, 15) is 9.90 Å². The quantitative estimate of drug-likeness (QED) is 0.658. The second kappa shape index (κ2) is 6.78. The molecule has 0 saturated heterocycles. The van der Waals surface area contributed by atoms with Crippen LogP contribution in [0, 0.1) is 0 Å². The molecule has 0 aliphatic heterocycles. The Kier molecular flexibility index (Phi) is 6.50. The van der Waals surface area contributed by atoms with Crippen molar-refractivity contribution in [2.45, 2.75) is 65.4 Å². The summed E-state index contributed by atoms with van der Waals surface area (Å²) in [6.07, 6.45) is 5.72. The van der Waals surface area contributed by atoms with Crippen LogP contribution in [0.5, 0.6) is 0 Å². The molecule has 2 nitrogen and oxygen atoms in total. The van der Waals surface area contributed by atoms with Gasteiger partial charge in [-0.3, -0.25) is 4.79 Å². The highest BCUT2D eigenvalue weighted by molar-refractivity contribution is 5.86. The molecular formula is C13H24O2. The SMILES string of the molecule is CCCCC(=O)C(C)(O)CCC=C(C)C. The molecule has 0 bridgehead atoms. The fourth-order valence-electron chi connectivity index (χ4n) is 1.39. The fraction of sp³-hybridized carbons (Fsp3) is 0.769. The normalized spacial score (nSPS) is 14.5. The zero-order valence-corrected chi connectivity index (χ0v) is 10.5. The number of ketones is 1. The van der Waals surface area contributed by atoms with Gasteiger partial charge in [-0.05, 0) is 40.0 Å². The summed E-state index contributed by atoms with van der Waals surface area (Å²) in [5, 5.41) is 9.94. The summed E-state index contributed by atoms with van der Waals surface area (Å²) in [6, 6.07) is 0. The number of allylic oxidation sites excluding steroid dienone is 2. The highest BCUT2D eigenvalue weighted by atomic mass is 16.3. The first-order chi connectivity index (χ1) is 6.90. The Morgan fingerprint density at radius 3 is 2.47 bits per heavy atom. The molecule has 1 unspecified atom stereocenters. The number of hydrogen-bond acceptors (Lipinski definition) is 2. The maximum absolute atomic E-state index is 11.6. The summed E-state index contributed by atoms with van der Waals surface area (Å²) >= 11 is 0. The standard InChI is InChI=1S/C13H24O2/c1-5-6-9-12(14)13(4,15)10-7-8-11(2)3/h8,15H,5-7,9-10H2,1-4H3. The molecule has 0 aliphatic carbocycles. The summed E-state index contributed by atoms with van der Waals surface area (Å²) in [5.74, 6) is -0.0218. The molecule has 1 atom stereocenters. The van der Waals surface area contributed by atoms with Crippen molar-refractivity contribution < 1.29 is 9.90 Å². The number of unbranched alkanes of at least 4 members (excludes halogenated alkanes) is 1. The first-order valence-corrected chi connectivity index (χ1v) is 5.79. The van der Waals surface area contributed by atoms with Crippen molar-refractivity contribution in [1.29, 1.82) is 0 Å². The Hall–Kier alpha value is -0.630. The van der Waals surface area contributed by atoms with Crippen LogP contribution in [0.25, 0.3) is 0 Å². The molecule has 88 valence electrons. The van der Waals surface area contributed by atoms with E-state index < -0.39 is 5.60 Å². The molecule has 0 aromatic rings. The van der Waals surface area contributed by atoms with Crippen molar-refractivity contribution in [1.82, 2.24) is 0 Å². The van der Waals surface area contributed by atoms with Crippen LogP contribution in [0.3, 0.4) is 0 Å². The molecule has 0 aromatic heterocycles. The van der Waals surface area contributed by atoms with E-state index in [1.165, 1.54) is 5.57 Å². The summed E-state index contributed by atoms with van der Waals surface area (Å²) in [7, 11) is 0. The number of aliphatic hydroxyl groups is 1. The monoisotopic (exact) mass is 212 g/mol. The van der Waals surface area contributed by atoms with Gasteiger partial charge in [0.25, 0.3) is 0 Å². The molecule has 2 heteroatoms. The number of hydrogen-bond donors (Lipinski definition) is 1. The van der Waals surface area contributed by atoms with Gasteiger partial charge in [-0.15, -0.1) is 0 Å². The Bertz CT molecular complexity index is 223. The second-order valence-electron chi connectivity index (χ2n) is 4.62. The molecule has 0 spiro atoms.